The number of carbonyl (C=O) groups is 2. The Bertz CT molecular complexity index is 794. The number of thiophene rings is 1. The molecule has 1 N–H and O–H groups in total. The van der Waals surface area contributed by atoms with Gasteiger partial charge in [-0.2, -0.15) is 17.0 Å². The van der Waals surface area contributed by atoms with Gasteiger partial charge in [-0.1, -0.05) is 12.8 Å². The predicted octanol–water partition coefficient (Wildman–Crippen LogP) is 1.80. The van der Waals surface area contributed by atoms with Crippen LogP contribution in [-0.2, 0) is 14.9 Å². The lowest BCUT2D eigenvalue weighted by Gasteiger charge is -2.36. The molecule has 0 aliphatic carbocycles. The molecule has 156 valence electrons. The molecule has 0 atom stereocenters. The van der Waals surface area contributed by atoms with Crippen molar-refractivity contribution in [3.05, 3.63) is 16.3 Å². The lowest BCUT2D eigenvalue weighted by atomic mass is 10.2. The van der Waals surface area contributed by atoms with Crippen LogP contribution in [0, 0.1) is 0 Å². The summed E-state index contributed by atoms with van der Waals surface area (Å²) in [4.78, 5) is 26.1. The van der Waals surface area contributed by atoms with Gasteiger partial charge in [-0.25, -0.2) is 9.59 Å². The lowest BCUT2D eigenvalue weighted by Crippen LogP contribution is -2.55. The number of carbonyl (C=O) groups excluding carboxylic acids is 2. The number of nitrogens with one attached hydrogen (secondary N) is 1. The predicted molar refractivity (Wildman–Crippen MR) is 107 cm³/mol. The summed E-state index contributed by atoms with van der Waals surface area (Å²) >= 11 is 1.19. The van der Waals surface area contributed by atoms with E-state index >= 15 is 0 Å². The fourth-order valence-corrected chi connectivity index (χ4v) is 5.85. The number of hydrogen-bond donors (Lipinski definition) is 1. The number of methoxy groups -OCH3 is 1. The quantitative estimate of drug-likeness (QED) is 0.735. The van der Waals surface area contributed by atoms with Crippen LogP contribution in [0.15, 0.2) is 11.4 Å². The third kappa shape index (κ3) is 4.65. The van der Waals surface area contributed by atoms with Crippen LogP contribution in [-0.4, -0.2) is 80.3 Å². The normalized spacial score (nSPS) is 19.8. The molecule has 2 fully saturated rings. The molecule has 0 radical (unpaired) electrons. The molecule has 11 heteroatoms. The monoisotopic (exact) mass is 430 g/mol. The van der Waals surface area contributed by atoms with Crippen molar-refractivity contribution in [3.8, 4) is 0 Å². The van der Waals surface area contributed by atoms with E-state index < -0.39 is 16.2 Å². The van der Waals surface area contributed by atoms with E-state index in [1.54, 1.807) is 20.7 Å². The number of piperazine rings is 1. The third-order valence-electron chi connectivity index (χ3n) is 5.02. The highest BCUT2D eigenvalue weighted by molar-refractivity contribution is 7.86. The molecular formula is C17H26N4O5S2. The maximum atomic E-state index is 12.9. The molecular weight excluding hydrogens is 404 g/mol. The largest absolute Gasteiger partial charge is 0.465 e. The molecule has 0 spiro atoms. The number of urea groups is 1. The molecule has 2 aliphatic rings. The van der Waals surface area contributed by atoms with E-state index in [9.17, 15) is 18.0 Å². The summed E-state index contributed by atoms with van der Waals surface area (Å²) in [6, 6.07) is 1.30. The van der Waals surface area contributed by atoms with E-state index in [0.717, 1.165) is 25.7 Å². The molecule has 3 rings (SSSR count). The molecule has 0 bridgehead atoms. The average molecular weight is 431 g/mol. The van der Waals surface area contributed by atoms with Crippen LogP contribution in [0.1, 0.15) is 35.4 Å². The molecule has 0 aromatic carbocycles. The van der Waals surface area contributed by atoms with Crippen LogP contribution in [0.5, 0.6) is 0 Å². The van der Waals surface area contributed by atoms with Gasteiger partial charge in [-0.05, 0) is 24.3 Å². The Kier molecular flexibility index (Phi) is 6.91. The van der Waals surface area contributed by atoms with Crippen LogP contribution in [0.25, 0.3) is 0 Å². The van der Waals surface area contributed by atoms with Gasteiger partial charge in [-0.15, -0.1) is 11.3 Å². The van der Waals surface area contributed by atoms with Gasteiger partial charge in [0, 0.05) is 39.3 Å². The number of amides is 2. The summed E-state index contributed by atoms with van der Waals surface area (Å²) in [5.74, 6) is -0.501. The van der Waals surface area contributed by atoms with Gasteiger partial charge in [0.25, 0.3) is 10.2 Å². The second kappa shape index (κ2) is 9.21. The minimum Gasteiger partial charge on any atom is -0.465 e. The second-order valence-corrected chi connectivity index (χ2v) is 9.64. The lowest BCUT2D eigenvalue weighted by molar-refractivity contribution is 0.0607. The van der Waals surface area contributed by atoms with Crippen LogP contribution in [0.4, 0.5) is 10.5 Å². The molecule has 2 saturated heterocycles. The standard InChI is InChI=1S/C17H26N4O5S2/c1-26-16(22)15-14(6-13-27-15)18-17(23)19-9-11-21(12-10-19)28(24,25)20-7-4-2-3-5-8-20/h6,13H,2-5,7-12H2,1H3,(H,18,23). The van der Waals surface area contributed by atoms with Gasteiger partial charge in [0.2, 0.25) is 0 Å². The van der Waals surface area contributed by atoms with E-state index in [4.69, 9.17) is 4.74 Å². The van der Waals surface area contributed by atoms with E-state index in [1.165, 1.54) is 22.8 Å². The number of hydrogen-bond acceptors (Lipinski definition) is 6. The SMILES string of the molecule is COC(=O)c1sccc1NC(=O)N1CCN(S(=O)(=O)N2CCCCCC2)CC1. The topological polar surface area (TPSA) is 99.3 Å². The maximum absolute atomic E-state index is 12.9. The smallest absolute Gasteiger partial charge is 0.350 e. The van der Waals surface area contributed by atoms with Gasteiger partial charge >= 0.3 is 12.0 Å². The fourth-order valence-electron chi connectivity index (χ4n) is 3.41. The molecule has 0 saturated carbocycles. The Morgan fingerprint density at radius 3 is 2.21 bits per heavy atom. The van der Waals surface area contributed by atoms with Crippen molar-refractivity contribution in [3.63, 3.8) is 0 Å². The minimum absolute atomic E-state index is 0.264. The molecule has 9 nitrogen and oxygen atoms in total. The summed E-state index contributed by atoms with van der Waals surface area (Å²) in [6.45, 7) is 2.27. The Labute approximate surface area is 169 Å². The zero-order valence-electron chi connectivity index (χ0n) is 15.9. The highest BCUT2D eigenvalue weighted by atomic mass is 32.2. The summed E-state index contributed by atoms with van der Waals surface area (Å²) in [6.07, 6.45) is 3.92. The van der Waals surface area contributed by atoms with E-state index in [1.807, 2.05) is 0 Å². The van der Waals surface area contributed by atoms with E-state index in [2.05, 4.69) is 5.32 Å². The van der Waals surface area contributed by atoms with Gasteiger partial charge in [0.1, 0.15) is 4.88 Å². The summed E-state index contributed by atoms with van der Waals surface area (Å²) in [5.41, 5.74) is 0.404. The number of esters is 1. The van der Waals surface area contributed by atoms with Crippen molar-refractivity contribution >= 4 is 39.2 Å². The van der Waals surface area contributed by atoms with Crippen molar-refractivity contribution in [2.24, 2.45) is 0 Å². The maximum Gasteiger partial charge on any atom is 0.350 e. The van der Waals surface area contributed by atoms with Crippen LogP contribution in [0.2, 0.25) is 0 Å². The van der Waals surface area contributed by atoms with Crippen LogP contribution < -0.4 is 5.32 Å². The Balaban J connectivity index is 1.57. The zero-order valence-corrected chi connectivity index (χ0v) is 17.6. The fraction of sp³-hybridized carbons (Fsp3) is 0.647. The number of ether oxygens (including phenoxy) is 1. The molecule has 1 aromatic rings. The molecule has 1 aromatic heterocycles. The number of nitrogens with zero attached hydrogens (tertiary/aromatic N) is 3. The first-order chi connectivity index (χ1) is 13.4. The van der Waals surface area contributed by atoms with Gasteiger partial charge in [0.15, 0.2) is 0 Å². The first-order valence-electron chi connectivity index (χ1n) is 9.40. The van der Waals surface area contributed by atoms with Crippen molar-refractivity contribution < 1.29 is 22.7 Å². The Morgan fingerprint density at radius 2 is 1.61 bits per heavy atom. The molecule has 3 heterocycles. The first kappa shape index (κ1) is 21.0. The summed E-state index contributed by atoms with van der Waals surface area (Å²) < 4.78 is 33.5. The van der Waals surface area contributed by atoms with Gasteiger partial charge in [0.05, 0.1) is 12.8 Å². The Hall–Kier alpha value is -1.69. The summed E-state index contributed by atoms with van der Waals surface area (Å²) in [7, 11) is -2.19. The molecule has 28 heavy (non-hydrogen) atoms. The average Bonchev–Trinajstić information content (AvgIpc) is 2.98. The number of anilines is 1. The minimum atomic E-state index is -3.48. The van der Waals surface area contributed by atoms with Crippen LogP contribution in [0.3, 0.4) is 0 Å². The van der Waals surface area contributed by atoms with Crippen molar-refractivity contribution in [2.45, 2.75) is 25.7 Å². The molecule has 2 aliphatic heterocycles. The number of rotatable bonds is 4. The summed E-state index contributed by atoms with van der Waals surface area (Å²) in [5, 5.41) is 4.42. The second-order valence-electron chi connectivity index (χ2n) is 6.79. The van der Waals surface area contributed by atoms with E-state index in [0.29, 0.717) is 36.7 Å². The van der Waals surface area contributed by atoms with Crippen molar-refractivity contribution in [1.29, 1.82) is 0 Å². The van der Waals surface area contributed by atoms with Crippen molar-refractivity contribution in [1.82, 2.24) is 13.5 Å². The first-order valence-corrected chi connectivity index (χ1v) is 11.7. The zero-order chi connectivity index (χ0) is 20.1. The van der Waals surface area contributed by atoms with Gasteiger partial charge in [-0.3, -0.25) is 0 Å². The molecule has 2 amide bonds. The van der Waals surface area contributed by atoms with Crippen LogP contribution >= 0.6 is 11.3 Å². The molecule has 0 unspecified atom stereocenters. The third-order valence-corrected chi connectivity index (χ3v) is 7.95. The van der Waals surface area contributed by atoms with Crippen molar-refractivity contribution in [2.75, 3.05) is 51.7 Å². The van der Waals surface area contributed by atoms with E-state index in [-0.39, 0.29) is 19.1 Å². The highest BCUT2D eigenvalue weighted by Crippen LogP contribution is 2.24. The Morgan fingerprint density at radius 1 is 1.00 bits per heavy atom. The highest BCUT2D eigenvalue weighted by Gasteiger charge is 2.33. The van der Waals surface area contributed by atoms with Gasteiger partial charge < -0.3 is 15.0 Å².